The summed E-state index contributed by atoms with van der Waals surface area (Å²) >= 11 is 0. The zero-order valence-electron chi connectivity index (χ0n) is 9.83. The highest BCUT2D eigenvalue weighted by molar-refractivity contribution is 5.23. The molecule has 2 N–H and O–H groups in total. The Morgan fingerprint density at radius 2 is 1.88 bits per heavy atom. The van der Waals surface area contributed by atoms with E-state index in [0.29, 0.717) is 12.1 Å². The van der Waals surface area contributed by atoms with Crippen LogP contribution in [0.2, 0.25) is 0 Å². The SMILES string of the molecule is NC[C@@H](c1cc(F)ccc1F)N1CCCCC1. The van der Waals surface area contributed by atoms with Crippen LogP contribution in [0.4, 0.5) is 8.78 Å². The van der Waals surface area contributed by atoms with Crippen LogP contribution in [0, 0.1) is 11.6 Å². The lowest BCUT2D eigenvalue weighted by Crippen LogP contribution is -2.38. The fourth-order valence-electron chi connectivity index (χ4n) is 2.47. The lowest BCUT2D eigenvalue weighted by Gasteiger charge is -2.34. The molecule has 1 saturated heterocycles. The van der Waals surface area contributed by atoms with Crippen LogP contribution < -0.4 is 5.73 Å². The minimum atomic E-state index is -0.406. The van der Waals surface area contributed by atoms with E-state index >= 15 is 0 Å². The maximum absolute atomic E-state index is 13.7. The van der Waals surface area contributed by atoms with Crippen molar-refractivity contribution < 1.29 is 8.78 Å². The van der Waals surface area contributed by atoms with Gasteiger partial charge in [0.2, 0.25) is 0 Å². The molecule has 94 valence electrons. The van der Waals surface area contributed by atoms with Crippen LogP contribution in [0.15, 0.2) is 18.2 Å². The summed E-state index contributed by atoms with van der Waals surface area (Å²) < 4.78 is 26.9. The Labute approximate surface area is 100 Å². The second-order valence-electron chi connectivity index (χ2n) is 4.51. The van der Waals surface area contributed by atoms with Crippen LogP contribution in [0.5, 0.6) is 0 Å². The molecule has 4 heteroatoms. The first kappa shape index (κ1) is 12.5. The number of benzene rings is 1. The molecule has 0 amide bonds. The zero-order chi connectivity index (χ0) is 12.3. The summed E-state index contributed by atoms with van der Waals surface area (Å²) in [4.78, 5) is 2.15. The maximum Gasteiger partial charge on any atom is 0.128 e. The Balaban J connectivity index is 2.24. The Hall–Kier alpha value is -1.00. The number of hydrogen-bond acceptors (Lipinski definition) is 2. The van der Waals surface area contributed by atoms with E-state index in [1.54, 1.807) is 0 Å². The van der Waals surface area contributed by atoms with Gasteiger partial charge in [0.15, 0.2) is 0 Å². The molecular weight excluding hydrogens is 222 g/mol. The fourth-order valence-corrected chi connectivity index (χ4v) is 2.47. The third-order valence-corrected chi connectivity index (χ3v) is 3.37. The Kier molecular flexibility index (Phi) is 4.07. The van der Waals surface area contributed by atoms with Gasteiger partial charge in [-0.1, -0.05) is 6.42 Å². The highest BCUT2D eigenvalue weighted by atomic mass is 19.1. The molecule has 1 aromatic carbocycles. The normalized spacial score (nSPS) is 19.2. The van der Waals surface area contributed by atoms with Crippen LogP contribution in [0.25, 0.3) is 0 Å². The summed E-state index contributed by atoms with van der Waals surface area (Å²) in [5.74, 6) is -0.774. The average Bonchev–Trinajstić information content (AvgIpc) is 2.36. The number of hydrogen-bond donors (Lipinski definition) is 1. The summed E-state index contributed by atoms with van der Waals surface area (Å²) in [5, 5.41) is 0. The minimum absolute atomic E-state index is 0.203. The molecule has 1 aliphatic rings. The van der Waals surface area contributed by atoms with Crippen molar-refractivity contribution >= 4 is 0 Å². The van der Waals surface area contributed by atoms with E-state index in [9.17, 15) is 8.78 Å². The molecule has 0 radical (unpaired) electrons. The van der Waals surface area contributed by atoms with Crippen molar-refractivity contribution in [1.29, 1.82) is 0 Å². The molecule has 0 bridgehead atoms. The van der Waals surface area contributed by atoms with Crippen LogP contribution in [0.1, 0.15) is 30.9 Å². The summed E-state index contributed by atoms with van der Waals surface area (Å²) in [6, 6.07) is 3.38. The molecule has 1 aromatic rings. The van der Waals surface area contributed by atoms with Gasteiger partial charge in [-0.05, 0) is 44.1 Å². The highest BCUT2D eigenvalue weighted by Gasteiger charge is 2.23. The van der Waals surface area contributed by atoms with Crippen molar-refractivity contribution in [3.8, 4) is 0 Å². The Bertz CT molecular complexity index is 376. The smallest absolute Gasteiger partial charge is 0.128 e. The molecule has 0 aliphatic carbocycles. The maximum atomic E-state index is 13.7. The first-order valence-electron chi connectivity index (χ1n) is 6.11. The van der Waals surface area contributed by atoms with E-state index in [1.807, 2.05) is 0 Å². The number of likely N-dealkylation sites (tertiary alicyclic amines) is 1. The van der Waals surface area contributed by atoms with Crippen LogP contribution >= 0.6 is 0 Å². The topological polar surface area (TPSA) is 29.3 Å². The van der Waals surface area contributed by atoms with Gasteiger partial charge in [-0.15, -0.1) is 0 Å². The minimum Gasteiger partial charge on any atom is -0.329 e. The molecule has 2 rings (SSSR count). The molecule has 2 nitrogen and oxygen atoms in total. The molecule has 17 heavy (non-hydrogen) atoms. The van der Waals surface area contributed by atoms with Gasteiger partial charge in [0.25, 0.3) is 0 Å². The molecule has 1 heterocycles. The number of halogens is 2. The summed E-state index contributed by atoms with van der Waals surface area (Å²) in [5.41, 5.74) is 6.11. The quantitative estimate of drug-likeness (QED) is 0.879. The van der Waals surface area contributed by atoms with E-state index in [2.05, 4.69) is 4.90 Å². The Morgan fingerprint density at radius 3 is 2.53 bits per heavy atom. The van der Waals surface area contributed by atoms with E-state index < -0.39 is 5.82 Å². The molecule has 1 aliphatic heterocycles. The van der Waals surface area contributed by atoms with Gasteiger partial charge >= 0.3 is 0 Å². The first-order chi connectivity index (χ1) is 8.22. The molecule has 1 fully saturated rings. The predicted octanol–water partition coefficient (Wildman–Crippen LogP) is 2.45. The second-order valence-corrected chi connectivity index (χ2v) is 4.51. The van der Waals surface area contributed by atoms with Gasteiger partial charge < -0.3 is 5.73 Å². The number of nitrogens with two attached hydrogens (primary N) is 1. The molecule has 0 unspecified atom stereocenters. The Morgan fingerprint density at radius 1 is 1.18 bits per heavy atom. The second kappa shape index (κ2) is 5.56. The average molecular weight is 240 g/mol. The molecule has 0 spiro atoms. The standard InChI is InChI=1S/C13H18F2N2/c14-10-4-5-12(15)11(8-10)13(9-16)17-6-2-1-3-7-17/h4-5,8,13H,1-3,6-7,9,16H2/t13-/m0/s1. The zero-order valence-corrected chi connectivity index (χ0v) is 9.83. The highest BCUT2D eigenvalue weighted by Crippen LogP contribution is 2.26. The van der Waals surface area contributed by atoms with Gasteiger partial charge in [0, 0.05) is 18.2 Å². The van der Waals surface area contributed by atoms with Gasteiger partial charge in [0.05, 0.1) is 0 Å². The van der Waals surface area contributed by atoms with Crippen molar-refractivity contribution in [2.24, 2.45) is 5.73 Å². The van der Waals surface area contributed by atoms with Crippen LogP contribution in [0.3, 0.4) is 0 Å². The van der Waals surface area contributed by atoms with E-state index in [4.69, 9.17) is 5.73 Å². The van der Waals surface area contributed by atoms with Crippen molar-refractivity contribution in [1.82, 2.24) is 4.90 Å². The van der Waals surface area contributed by atoms with Gasteiger partial charge in [-0.25, -0.2) is 8.78 Å². The summed E-state index contributed by atoms with van der Waals surface area (Å²) in [7, 11) is 0. The molecule has 1 atom stereocenters. The molecule has 0 aromatic heterocycles. The van der Waals surface area contributed by atoms with Crippen molar-refractivity contribution in [3.05, 3.63) is 35.4 Å². The largest absolute Gasteiger partial charge is 0.329 e. The lowest BCUT2D eigenvalue weighted by molar-refractivity contribution is 0.164. The van der Waals surface area contributed by atoms with E-state index in [1.165, 1.54) is 18.6 Å². The molecular formula is C13H18F2N2. The van der Waals surface area contributed by atoms with E-state index in [-0.39, 0.29) is 11.9 Å². The summed E-state index contributed by atoms with van der Waals surface area (Å²) in [6.45, 7) is 2.15. The first-order valence-corrected chi connectivity index (χ1v) is 6.11. The van der Waals surface area contributed by atoms with Gasteiger partial charge in [0.1, 0.15) is 11.6 Å². The lowest BCUT2D eigenvalue weighted by atomic mass is 10.0. The molecule has 0 saturated carbocycles. The van der Waals surface area contributed by atoms with Crippen LogP contribution in [-0.2, 0) is 0 Å². The fraction of sp³-hybridized carbons (Fsp3) is 0.538. The van der Waals surface area contributed by atoms with Crippen molar-refractivity contribution in [3.63, 3.8) is 0 Å². The summed E-state index contributed by atoms with van der Waals surface area (Å²) in [6.07, 6.45) is 3.42. The number of piperidine rings is 1. The van der Waals surface area contributed by atoms with E-state index in [0.717, 1.165) is 32.0 Å². The predicted molar refractivity (Wildman–Crippen MR) is 63.6 cm³/mol. The monoisotopic (exact) mass is 240 g/mol. The number of nitrogens with zero attached hydrogens (tertiary/aromatic N) is 1. The van der Waals surface area contributed by atoms with Crippen molar-refractivity contribution in [2.45, 2.75) is 25.3 Å². The third kappa shape index (κ3) is 2.82. The van der Waals surface area contributed by atoms with Crippen LogP contribution in [-0.4, -0.2) is 24.5 Å². The van der Waals surface area contributed by atoms with Crippen molar-refractivity contribution in [2.75, 3.05) is 19.6 Å². The third-order valence-electron chi connectivity index (χ3n) is 3.37. The number of rotatable bonds is 3. The van der Waals surface area contributed by atoms with Gasteiger partial charge in [-0.2, -0.15) is 0 Å². The van der Waals surface area contributed by atoms with Gasteiger partial charge in [-0.3, -0.25) is 4.90 Å².